The number of hydrogen-bond acceptors (Lipinski definition) is 0. The van der Waals surface area contributed by atoms with Gasteiger partial charge in [0.2, 0.25) is 5.69 Å². The summed E-state index contributed by atoms with van der Waals surface area (Å²) in [6.07, 6.45) is 5.92. The van der Waals surface area contributed by atoms with Gasteiger partial charge in [0.1, 0.15) is 0 Å². The largest absolute Gasteiger partial charge is 0.217 e. The third kappa shape index (κ3) is 3.07. The maximum Gasteiger partial charge on any atom is 0.217 e. The van der Waals surface area contributed by atoms with E-state index < -0.39 is 0 Å². The normalized spacial score (nSPS) is 19.5. The molecule has 0 saturated carbocycles. The third-order valence-electron chi connectivity index (χ3n) is 8.69. The van der Waals surface area contributed by atoms with Crippen LogP contribution in [0, 0.1) is 5.41 Å². The van der Waals surface area contributed by atoms with Crippen molar-refractivity contribution in [2.45, 2.75) is 91.5 Å². The summed E-state index contributed by atoms with van der Waals surface area (Å²) in [5.41, 5.74) is 12.1. The van der Waals surface area contributed by atoms with Gasteiger partial charge < -0.3 is 0 Å². The summed E-state index contributed by atoms with van der Waals surface area (Å²) in [7, 11) is 0. The Kier molecular flexibility index (Phi) is 4.95. The molecule has 0 bridgehead atoms. The highest BCUT2D eigenvalue weighted by Gasteiger charge is 2.56. The van der Waals surface area contributed by atoms with Crippen LogP contribution in [0.5, 0.6) is 0 Å². The predicted octanol–water partition coefficient (Wildman–Crippen LogP) is 8.17. The predicted molar refractivity (Wildman–Crippen MR) is 140 cm³/mol. The van der Waals surface area contributed by atoms with Crippen LogP contribution in [0.1, 0.15) is 96.4 Å². The van der Waals surface area contributed by atoms with Crippen LogP contribution >= 0.6 is 0 Å². The number of rotatable bonds is 4. The molecule has 1 aromatic heterocycles. The molecule has 1 unspecified atom stereocenters. The molecule has 0 N–H and O–H groups in total. The summed E-state index contributed by atoms with van der Waals surface area (Å²) in [5, 5.41) is 0. The molecule has 33 heavy (non-hydrogen) atoms. The van der Waals surface area contributed by atoms with E-state index in [4.69, 9.17) is 0 Å². The maximum atomic E-state index is 2.74. The van der Waals surface area contributed by atoms with Crippen LogP contribution in [0.15, 0.2) is 54.7 Å². The molecule has 172 valence electrons. The summed E-state index contributed by atoms with van der Waals surface area (Å²) in [6.45, 7) is 19.2. The first-order valence-corrected chi connectivity index (χ1v) is 12.9. The minimum Gasteiger partial charge on any atom is -0.192 e. The van der Waals surface area contributed by atoms with Crippen molar-refractivity contribution in [2.24, 2.45) is 5.41 Å². The molecule has 2 aliphatic rings. The molecule has 2 aromatic carbocycles. The van der Waals surface area contributed by atoms with E-state index in [9.17, 15) is 0 Å². The summed E-state index contributed by atoms with van der Waals surface area (Å²) >= 11 is 0. The van der Waals surface area contributed by atoms with E-state index in [-0.39, 0.29) is 16.4 Å². The van der Waals surface area contributed by atoms with Gasteiger partial charge in [0.05, 0.1) is 5.56 Å². The van der Waals surface area contributed by atoms with Gasteiger partial charge in [-0.05, 0) is 40.2 Å². The zero-order valence-electron chi connectivity index (χ0n) is 21.8. The third-order valence-corrected chi connectivity index (χ3v) is 8.69. The van der Waals surface area contributed by atoms with Crippen molar-refractivity contribution in [1.29, 1.82) is 0 Å². The van der Waals surface area contributed by atoms with Crippen LogP contribution < -0.4 is 4.57 Å². The van der Waals surface area contributed by atoms with Crippen LogP contribution in [0.2, 0.25) is 0 Å². The average Bonchev–Trinajstić information content (AvgIpc) is 3.01. The van der Waals surface area contributed by atoms with Crippen LogP contribution in [0.25, 0.3) is 22.4 Å². The number of nitrogens with zero attached hydrogens (tertiary/aromatic N) is 1. The number of benzene rings is 2. The lowest BCUT2D eigenvalue weighted by Crippen LogP contribution is -2.62. The number of aromatic nitrogens is 1. The van der Waals surface area contributed by atoms with Crippen molar-refractivity contribution in [2.75, 3.05) is 0 Å². The average molecular weight is 439 g/mol. The first-order chi connectivity index (χ1) is 15.5. The Morgan fingerprint density at radius 3 is 2.21 bits per heavy atom. The monoisotopic (exact) mass is 438 g/mol. The van der Waals surface area contributed by atoms with Crippen molar-refractivity contribution >= 4 is 0 Å². The van der Waals surface area contributed by atoms with Crippen LogP contribution in [0.4, 0.5) is 0 Å². The molecule has 0 spiro atoms. The first kappa shape index (κ1) is 22.4. The lowest BCUT2D eigenvalue weighted by molar-refractivity contribution is -0.762. The second kappa shape index (κ2) is 7.29. The van der Waals surface area contributed by atoms with E-state index in [1.807, 2.05) is 0 Å². The molecule has 1 aliphatic heterocycles. The molecule has 5 rings (SSSR count). The minimum absolute atomic E-state index is 0.0290. The molecule has 1 aliphatic carbocycles. The lowest BCUT2D eigenvalue weighted by atomic mass is 9.70. The van der Waals surface area contributed by atoms with Gasteiger partial charge in [-0.3, -0.25) is 0 Å². The van der Waals surface area contributed by atoms with Crippen molar-refractivity contribution < 1.29 is 4.57 Å². The maximum absolute atomic E-state index is 2.74. The van der Waals surface area contributed by atoms with Crippen molar-refractivity contribution in [3.05, 3.63) is 77.0 Å². The molecule has 1 nitrogen and oxygen atoms in total. The van der Waals surface area contributed by atoms with Crippen molar-refractivity contribution in [3.63, 3.8) is 0 Å². The molecule has 2 heterocycles. The Morgan fingerprint density at radius 2 is 1.61 bits per heavy atom. The Morgan fingerprint density at radius 1 is 0.939 bits per heavy atom. The Labute approximate surface area is 200 Å². The molecular formula is C32H40N+. The molecule has 0 radical (unpaired) electrons. The molecule has 3 aromatic rings. The van der Waals surface area contributed by atoms with E-state index in [0.29, 0.717) is 5.92 Å². The van der Waals surface area contributed by atoms with Crippen LogP contribution in [-0.2, 0) is 17.4 Å². The van der Waals surface area contributed by atoms with E-state index in [1.165, 1.54) is 39.1 Å². The Balaban J connectivity index is 1.89. The number of hydrogen-bond donors (Lipinski definition) is 0. The van der Waals surface area contributed by atoms with E-state index in [0.717, 1.165) is 19.3 Å². The molecule has 1 heteroatoms. The fraction of sp³-hybridized carbons (Fsp3) is 0.469. The topological polar surface area (TPSA) is 3.88 Å². The van der Waals surface area contributed by atoms with Gasteiger partial charge in [-0.25, -0.2) is 0 Å². The fourth-order valence-electron chi connectivity index (χ4n) is 7.02. The second-order valence-electron chi connectivity index (χ2n) is 12.2. The smallest absolute Gasteiger partial charge is 0.192 e. The highest BCUT2D eigenvalue weighted by Crippen LogP contribution is 2.58. The van der Waals surface area contributed by atoms with Gasteiger partial charge in [-0.1, -0.05) is 97.9 Å². The van der Waals surface area contributed by atoms with Gasteiger partial charge in [0.15, 0.2) is 11.7 Å². The fourth-order valence-corrected chi connectivity index (χ4v) is 7.02. The molecule has 0 amide bonds. The molecule has 1 atom stereocenters. The Bertz CT molecular complexity index is 1220. The minimum atomic E-state index is -0.0290. The first-order valence-electron chi connectivity index (χ1n) is 12.9. The highest BCUT2D eigenvalue weighted by atomic mass is 15.1. The van der Waals surface area contributed by atoms with Crippen LogP contribution in [-0.4, -0.2) is 0 Å². The zero-order chi connectivity index (χ0) is 23.8. The lowest BCUT2D eigenvalue weighted by Gasteiger charge is -2.38. The van der Waals surface area contributed by atoms with Crippen molar-refractivity contribution in [1.82, 2.24) is 0 Å². The SMILES string of the molecule is CCC1(CC)C(C)c2ccc(-c3ccccc3)c3c2-c2c(cc(CC(C)(C)C)c[n+]21)C3(C)C. The van der Waals surface area contributed by atoms with Crippen LogP contribution in [0.3, 0.4) is 0 Å². The summed E-state index contributed by atoms with van der Waals surface area (Å²) in [6, 6.07) is 18.4. The summed E-state index contributed by atoms with van der Waals surface area (Å²) in [4.78, 5) is 0. The summed E-state index contributed by atoms with van der Waals surface area (Å²) < 4.78 is 2.74. The zero-order valence-corrected chi connectivity index (χ0v) is 21.8. The van der Waals surface area contributed by atoms with Gasteiger partial charge in [-0.2, -0.15) is 4.57 Å². The van der Waals surface area contributed by atoms with Crippen molar-refractivity contribution in [3.8, 4) is 22.4 Å². The van der Waals surface area contributed by atoms with E-state index in [2.05, 4.69) is 115 Å². The second-order valence-corrected chi connectivity index (χ2v) is 12.2. The van der Waals surface area contributed by atoms with E-state index in [1.54, 1.807) is 5.56 Å². The van der Waals surface area contributed by atoms with Gasteiger partial charge in [0, 0.05) is 35.3 Å². The standard InChI is InChI=1S/C32H40N/c1-9-32(10-2)21(3)24-16-17-25(23-14-12-11-13-15-23)28-27(24)29-26(31(28,7)8)18-22(20-33(29)32)19-30(4,5)6/h11-18,20-21H,9-10,19H2,1-8H3/q+1. The van der Waals surface area contributed by atoms with Gasteiger partial charge in [0.25, 0.3) is 0 Å². The molecule has 0 saturated heterocycles. The Hall–Kier alpha value is -2.41. The highest BCUT2D eigenvalue weighted by molar-refractivity contribution is 5.88. The quantitative estimate of drug-likeness (QED) is 0.362. The van der Waals surface area contributed by atoms with Gasteiger partial charge >= 0.3 is 0 Å². The number of pyridine rings is 1. The van der Waals surface area contributed by atoms with Gasteiger partial charge in [-0.15, -0.1) is 0 Å². The van der Waals surface area contributed by atoms with E-state index >= 15 is 0 Å². The molecular weight excluding hydrogens is 398 g/mol. The molecule has 0 fully saturated rings. The summed E-state index contributed by atoms with van der Waals surface area (Å²) in [5.74, 6) is 0.482.